The molecule has 1 aliphatic heterocycles. The van der Waals surface area contributed by atoms with Crippen molar-refractivity contribution in [3.8, 4) is 5.75 Å². The fourth-order valence-corrected chi connectivity index (χ4v) is 4.11. The minimum Gasteiger partial charge on any atom is -0.494 e. The zero-order valence-corrected chi connectivity index (χ0v) is 18.3. The van der Waals surface area contributed by atoms with Gasteiger partial charge >= 0.3 is 0 Å². The lowest BCUT2D eigenvalue weighted by Crippen LogP contribution is -2.46. The van der Waals surface area contributed by atoms with Crippen LogP contribution in [0.4, 0.5) is 5.95 Å². The number of anilines is 1. The molecule has 162 valence electrons. The molecule has 0 unspecified atom stereocenters. The van der Waals surface area contributed by atoms with Crippen molar-refractivity contribution >= 4 is 23.2 Å². The molecule has 0 radical (unpaired) electrons. The average Bonchev–Trinajstić information content (AvgIpc) is 3.36. The fourth-order valence-electron chi connectivity index (χ4n) is 3.47. The van der Waals surface area contributed by atoms with E-state index in [9.17, 15) is 4.79 Å². The van der Waals surface area contributed by atoms with Gasteiger partial charge in [0.05, 0.1) is 11.5 Å². The van der Waals surface area contributed by atoms with Gasteiger partial charge in [0.1, 0.15) is 5.75 Å². The van der Waals surface area contributed by atoms with Crippen LogP contribution in [0, 0.1) is 0 Å². The Morgan fingerprint density at radius 1 is 1.03 bits per heavy atom. The topological polar surface area (TPSA) is 70.6 Å². The average molecular weight is 438 g/mol. The van der Waals surface area contributed by atoms with Crippen LogP contribution in [0.15, 0.2) is 60.2 Å². The zero-order chi connectivity index (χ0) is 21.3. The van der Waals surface area contributed by atoms with E-state index in [1.807, 2.05) is 35.7 Å². The Bertz CT molecular complexity index is 926. The van der Waals surface area contributed by atoms with E-state index in [-0.39, 0.29) is 5.91 Å². The molecule has 7 nitrogen and oxygen atoms in total. The van der Waals surface area contributed by atoms with Crippen molar-refractivity contribution in [3.63, 3.8) is 0 Å². The van der Waals surface area contributed by atoms with Gasteiger partial charge in [-0.1, -0.05) is 18.2 Å². The van der Waals surface area contributed by atoms with Crippen molar-refractivity contribution in [1.29, 1.82) is 0 Å². The molecule has 0 atom stereocenters. The largest absolute Gasteiger partial charge is 0.494 e. The molecule has 3 heterocycles. The third-order valence-corrected chi connectivity index (χ3v) is 6.03. The second-order valence-electron chi connectivity index (χ2n) is 7.39. The molecule has 4 rings (SSSR count). The number of benzene rings is 1. The number of hydrogen-bond donors (Lipinski definition) is 1. The minimum absolute atomic E-state index is 0.0171. The summed E-state index contributed by atoms with van der Waals surface area (Å²) in [5, 5.41) is 4.82. The van der Waals surface area contributed by atoms with Crippen molar-refractivity contribution in [2.24, 2.45) is 0 Å². The highest BCUT2D eigenvalue weighted by molar-refractivity contribution is 7.12. The molecule has 1 amide bonds. The molecule has 3 aromatic rings. The van der Waals surface area contributed by atoms with E-state index in [1.54, 1.807) is 12.4 Å². The van der Waals surface area contributed by atoms with Crippen LogP contribution in [0.25, 0.3) is 0 Å². The second kappa shape index (κ2) is 10.9. The van der Waals surface area contributed by atoms with Gasteiger partial charge in [-0.3, -0.25) is 9.69 Å². The molecule has 1 N–H and O–H groups in total. The predicted octanol–water partition coefficient (Wildman–Crippen LogP) is 3.06. The number of hydrogen-bond acceptors (Lipinski definition) is 7. The maximum absolute atomic E-state index is 11.9. The number of carbonyl (C=O) groups excluding carboxylic acids is 1. The third kappa shape index (κ3) is 6.26. The summed E-state index contributed by atoms with van der Waals surface area (Å²) in [5.74, 6) is 1.66. The lowest BCUT2D eigenvalue weighted by Gasteiger charge is -2.34. The third-order valence-electron chi connectivity index (χ3n) is 5.16. The normalized spacial score (nSPS) is 14.4. The second-order valence-corrected chi connectivity index (χ2v) is 8.34. The molecule has 1 fully saturated rings. The molecule has 0 spiro atoms. The van der Waals surface area contributed by atoms with E-state index < -0.39 is 0 Å². The van der Waals surface area contributed by atoms with E-state index in [4.69, 9.17) is 4.74 Å². The van der Waals surface area contributed by atoms with Crippen LogP contribution in [-0.2, 0) is 6.54 Å². The highest BCUT2D eigenvalue weighted by Gasteiger charge is 2.18. The molecule has 2 aromatic heterocycles. The molecule has 1 aliphatic rings. The van der Waals surface area contributed by atoms with Gasteiger partial charge in [-0.2, -0.15) is 0 Å². The number of carbonyl (C=O) groups is 1. The smallest absolute Gasteiger partial charge is 0.261 e. The Hall–Kier alpha value is -2.97. The molecule has 1 aromatic carbocycles. The van der Waals surface area contributed by atoms with Crippen LogP contribution >= 0.6 is 11.3 Å². The van der Waals surface area contributed by atoms with Crippen molar-refractivity contribution in [3.05, 3.63) is 70.7 Å². The van der Waals surface area contributed by atoms with Gasteiger partial charge in [0.2, 0.25) is 5.95 Å². The molecular weight excluding hydrogens is 410 g/mol. The number of piperazine rings is 1. The Morgan fingerprint density at radius 3 is 2.52 bits per heavy atom. The van der Waals surface area contributed by atoms with Gasteiger partial charge in [0.25, 0.3) is 5.91 Å². The van der Waals surface area contributed by atoms with E-state index in [0.29, 0.717) is 13.2 Å². The lowest BCUT2D eigenvalue weighted by molar-refractivity contribution is 0.0955. The van der Waals surface area contributed by atoms with Gasteiger partial charge < -0.3 is 15.0 Å². The number of amides is 1. The van der Waals surface area contributed by atoms with Crippen LogP contribution in [0.2, 0.25) is 0 Å². The van der Waals surface area contributed by atoms with Gasteiger partial charge in [-0.05, 0) is 41.6 Å². The summed E-state index contributed by atoms with van der Waals surface area (Å²) in [4.78, 5) is 26.0. The summed E-state index contributed by atoms with van der Waals surface area (Å²) in [6.07, 6.45) is 4.35. The molecule has 0 aliphatic carbocycles. The fraction of sp³-hybridized carbons (Fsp3) is 0.348. The highest BCUT2D eigenvalue weighted by Crippen LogP contribution is 2.16. The van der Waals surface area contributed by atoms with Gasteiger partial charge in [0, 0.05) is 51.7 Å². The van der Waals surface area contributed by atoms with Gasteiger partial charge in [0.15, 0.2) is 0 Å². The van der Waals surface area contributed by atoms with Crippen LogP contribution in [0.3, 0.4) is 0 Å². The van der Waals surface area contributed by atoms with Crippen LogP contribution in [-0.4, -0.2) is 60.1 Å². The molecule has 0 bridgehead atoms. The van der Waals surface area contributed by atoms with E-state index >= 15 is 0 Å². The standard InChI is InChI=1S/C23H27N5O2S/c29-22(21-4-1-17-31-21)24-11-3-16-30-20-7-5-19(6-8-20)18-27-12-14-28(15-13-27)23-25-9-2-10-26-23/h1-2,4-10,17H,3,11-16,18H2,(H,24,29). The summed E-state index contributed by atoms with van der Waals surface area (Å²) < 4.78 is 5.80. The monoisotopic (exact) mass is 437 g/mol. The number of nitrogens with one attached hydrogen (secondary N) is 1. The molecule has 1 saturated heterocycles. The van der Waals surface area contributed by atoms with E-state index in [0.717, 1.165) is 55.7 Å². The zero-order valence-electron chi connectivity index (χ0n) is 17.4. The van der Waals surface area contributed by atoms with E-state index in [2.05, 4.69) is 37.2 Å². The predicted molar refractivity (Wildman–Crippen MR) is 123 cm³/mol. The summed E-state index contributed by atoms with van der Waals surface area (Å²) >= 11 is 1.45. The van der Waals surface area contributed by atoms with Gasteiger partial charge in [-0.25, -0.2) is 9.97 Å². The number of thiophene rings is 1. The van der Waals surface area contributed by atoms with Crippen molar-refractivity contribution in [2.75, 3.05) is 44.2 Å². The summed E-state index contributed by atoms with van der Waals surface area (Å²) in [7, 11) is 0. The lowest BCUT2D eigenvalue weighted by atomic mass is 10.2. The first-order valence-corrected chi connectivity index (χ1v) is 11.4. The van der Waals surface area contributed by atoms with Crippen molar-refractivity contribution < 1.29 is 9.53 Å². The number of rotatable bonds is 9. The number of aromatic nitrogens is 2. The highest BCUT2D eigenvalue weighted by atomic mass is 32.1. The first kappa shape index (κ1) is 21.3. The maximum Gasteiger partial charge on any atom is 0.261 e. The molecule has 31 heavy (non-hydrogen) atoms. The number of nitrogens with zero attached hydrogens (tertiary/aromatic N) is 4. The Morgan fingerprint density at radius 2 is 1.81 bits per heavy atom. The Labute approximate surface area is 186 Å². The maximum atomic E-state index is 11.9. The first-order valence-electron chi connectivity index (χ1n) is 10.6. The summed E-state index contributed by atoms with van der Waals surface area (Å²) in [5.41, 5.74) is 1.28. The summed E-state index contributed by atoms with van der Waals surface area (Å²) in [6.45, 7) is 5.98. The number of ether oxygens (including phenoxy) is 1. The van der Waals surface area contributed by atoms with Gasteiger partial charge in [-0.15, -0.1) is 11.3 Å². The van der Waals surface area contributed by atoms with Crippen LogP contribution in [0.5, 0.6) is 5.75 Å². The molecule has 0 saturated carbocycles. The Kier molecular flexibility index (Phi) is 7.46. The quantitative estimate of drug-likeness (QED) is 0.519. The van der Waals surface area contributed by atoms with E-state index in [1.165, 1.54) is 16.9 Å². The Balaban J connectivity index is 1.13. The first-order chi connectivity index (χ1) is 15.3. The summed E-state index contributed by atoms with van der Waals surface area (Å²) in [6, 6.07) is 13.8. The molecular formula is C23H27N5O2S. The van der Waals surface area contributed by atoms with Crippen LogP contribution in [0.1, 0.15) is 21.7 Å². The van der Waals surface area contributed by atoms with Crippen LogP contribution < -0.4 is 15.0 Å². The van der Waals surface area contributed by atoms with Crippen molar-refractivity contribution in [1.82, 2.24) is 20.2 Å². The van der Waals surface area contributed by atoms with Crippen molar-refractivity contribution in [2.45, 2.75) is 13.0 Å². The SMILES string of the molecule is O=C(NCCCOc1ccc(CN2CCN(c3ncccn3)CC2)cc1)c1cccs1. The minimum atomic E-state index is -0.0171. The molecule has 8 heteroatoms.